The number of fused-ring (bicyclic) bond motifs is 1. The Hall–Kier alpha value is -0.610. The third-order valence-electron chi connectivity index (χ3n) is 6.20. The zero-order chi connectivity index (χ0) is 13.6. The average molecular weight is 277 g/mol. The first-order valence-electron chi connectivity index (χ1n) is 8.52. The van der Waals surface area contributed by atoms with Gasteiger partial charge in [-0.2, -0.15) is 0 Å². The zero-order valence-corrected chi connectivity index (χ0v) is 12.4. The average Bonchev–Trinajstić information content (AvgIpc) is 3.05. The van der Waals surface area contributed by atoms with Gasteiger partial charge in [0.2, 0.25) is 5.91 Å². The molecular weight excluding hydrogens is 250 g/mol. The third-order valence-corrected chi connectivity index (χ3v) is 6.20. The summed E-state index contributed by atoms with van der Waals surface area (Å²) in [5.74, 6) is 0.846. The van der Waals surface area contributed by atoms with Crippen molar-refractivity contribution in [2.45, 2.75) is 44.6 Å². The Kier molecular flexibility index (Phi) is 3.26. The molecule has 3 saturated heterocycles. The van der Waals surface area contributed by atoms with Crippen LogP contribution in [0.4, 0.5) is 0 Å². The number of hydrogen-bond donors (Lipinski definition) is 1. The molecule has 4 heteroatoms. The van der Waals surface area contributed by atoms with Crippen LogP contribution >= 0.6 is 0 Å². The Labute approximate surface area is 121 Å². The van der Waals surface area contributed by atoms with Crippen molar-refractivity contribution in [1.29, 1.82) is 0 Å². The molecule has 0 bridgehead atoms. The predicted octanol–water partition coefficient (Wildman–Crippen LogP) is 1.07. The van der Waals surface area contributed by atoms with E-state index in [0.717, 1.165) is 26.2 Å². The molecular formula is C16H27N3O. The molecule has 3 heterocycles. The van der Waals surface area contributed by atoms with Crippen molar-refractivity contribution in [3.8, 4) is 0 Å². The molecule has 0 aromatic heterocycles. The highest BCUT2D eigenvalue weighted by Gasteiger charge is 2.58. The largest absolute Gasteiger partial charge is 0.341 e. The monoisotopic (exact) mass is 277 g/mol. The quantitative estimate of drug-likeness (QED) is 0.779. The van der Waals surface area contributed by atoms with E-state index in [4.69, 9.17) is 0 Å². The molecule has 4 nitrogen and oxygen atoms in total. The fourth-order valence-corrected chi connectivity index (χ4v) is 4.80. The van der Waals surface area contributed by atoms with Crippen molar-refractivity contribution in [1.82, 2.24) is 15.1 Å². The number of nitrogens with zero attached hydrogens (tertiary/aromatic N) is 2. The minimum Gasteiger partial charge on any atom is -0.341 e. The Balaban J connectivity index is 1.41. The number of piperidine rings is 1. The number of amides is 1. The Bertz CT molecular complexity index is 391. The summed E-state index contributed by atoms with van der Waals surface area (Å²) in [5.41, 5.74) is 0.393. The van der Waals surface area contributed by atoms with Crippen molar-refractivity contribution in [3.05, 3.63) is 0 Å². The SMILES string of the molecule is O=C(C1CC12CCNCC2)N1CCCN2CCCC2C1. The molecule has 112 valence electrons. The van der Waals surface area contributed by atoms with E-state index in [2.05, 4.69) is 15.1 Å². The van der Waals surface area contributed by atoms with Gasteiger partial charge in [-0.05, 0) is 63.6 Å². The second-order valence-electron chi connectivity index (χ2n) is 7.34. The molecule has 2 unspecified atom stereocenters. The maximum absolute atomic E-state index is 12.9. The topological polar surface area (TPSA) is 35.6 Å². The zero-order valence-electron chi connectivity index (χ0n) is 12.4. The smallest absolute Gasteiger partial charge is 0.226 e. The van der Waals surface area contributed by atoms with Crippen LogP contribution in [0, 0.1) is 11.3 Å². The van der Waals surface area contributed by atoms with E-state index in [1.54, 1.807) is 0 Å². The van der Waals surface area contributed by atoms with Crippen LogP contribution in [-0.4, -0.2) is 61.0 Å². The highest BCUT2D eigenvalue weighted by atomic mass is 16.2. The van der Waals surface area contributed by atoms with Gasteiger partial charge in [0.15, 0.2) is 0 Å². The number of rotatable bonds is 1. The van der Waals surface area contributed by atoms with Gasteiger partial charge in [-0.25, -0.2) is 0 Å². The van der Waals surface area contributed by atoms with Gasteiger partial charge in [-0.1, -0.05) is 0 Å². The van der Waals surface area contributed by atoms with E-state index >= 15 is 0 Å². The predicted molar refractivity (Wildman–Crippen MR) is 78.4 cm³/mol. The third kappa shape index (κ3) is 2.17. The van der Waals surface area contributed by atoms with Crippen LogP contribution in [0.1, 0.15) is 38.5 Å². The van der Waals surface area contributed by atoms with Crippen LogP contribution in [0.3, 0.4) is 0 Å². The van der Waals surface area contributed by atoms with Crippen molar-refractivity contribution in [2.75, 3.05) is 39.3 Å². The molecule has 4 rings (SSSR count). The van der Waals surface area contributed by atoms with Crippen molar-refractivity contribution < 1.29 is 4.79 Å². The number of carbonyl (C=O) groups excluding carboxylic acids is 1. The lowest BCUT2D eigenvalue weighted by molar-refractivity contribution is -0.133. The molecule has 1 spiro atoms. The second kappa shape index (κ2) is 4.99. The second-order valence-corrected chi connectivity index (χ2v) is 7.34. The molecule has 1 aliphatic carbocycles. The van der Waals surface area contributed by atoms with E-state index in [-0.39, 0.29) is 0 Å². The molecule has 0 aromatic carbocycles. The van der Waals surface area contributed by atoms with Gasteiger partial charge >= 0.3 is 0 Å². The van der Waals surface area contributed by atoms with Gasteiger partial charge < -0.3 is 10.2 Å². The van der Waals surface area contributed by atoms with E-state index < -0.39 is 0 Å². The molecule has 20 heavy (non-hydrogen) atoms. The molecule has 4 aliphatic rings. The fourth-order valence-electron chi connectivity index (χ4n) is 4.80. The molecule has 4 fully saturated rings. The van der Waals surface area contributed by atoms with Gasteiger partial charge in [-0.15, -0.1) is 0 Å². The first-order chi connectivity index (χ1) is 9.78. The van der Waals surface area contributed by atoms with E-state index in [9.17, 15) is 4.79 Å². The van der Waals surface area contributed by atoms with Crippen LogP contribution in [-0.2, 0) is 4.79 Å². The van der Waals surface area contributed by atoms with Crippen molar-refractivity contribution in [2.24, 2.45) is 11.3 Å². The van der Waals surface area contributed by atoms with Crippen molar-refractivity contribution >= 4 is 5.91 Å². The summed E-state index contributed by atoms with van der Waals surface area (Å²) in [6.45, 7) is 6.68. The summed E-state index contributed by atoms with van der Waals surface area (Å²) in [7, 11) is 0. The fraction of sp³-hybridized carbons (Fsp3) is 0.938. The lowest BCUT2D eigenvalue weighted by Crippen LogP contribution is -2.41. The summed E-state index contributed by atoms with van der Waals surface area (Å²) in [6.07, 6.45) is 7.39. The van der Waals surface area contributed by atoms with Gasteiger partial charge in [-0.3, -0.25) is 9.69 Å². The molecule has 0 aromatic rings. The molecule has 1 N–H and O–H groups in total. The molecule has 2 atom stereocenters. The van der Waals surface area contributed by atoms with Crippen LogP contribution in [0.5, 0.6) is 0 Å². The summed E-state index contributed by atoms with van der Waals surface area (Å²) < 4.78 is 0. The lowest BCUT2D eigenvalue weighted by atomic mass is 9.91. The number of hydrogen-bond acceptors (Lipinski definition) is 3. The van der Waals surface area contributed by atoms with Crippen LogP contribution < -0.4 is 5.32 Å². The van der Waals surface area contributed by atoms with Gasteiger partial charge in [0.25, 0.3) is 0 Å². The van der Waals surface area contributed by atoms with Gasteiger partial charge in [0.05, 0.1) is 0 Å². The van der Waals surface area contributed by atoms with Crippen LogP contribution in [0.25, 0.3) is 0 Å². The Morgan fingerprint density at radius 3 is 2.75 bits per heavy atom. The Morgan fingerprint density at radius 1 is 1.10 bits per heavy atom. The first-order valence-corrected chi connectivity index (χ1v) is 8.52. The molecule has 1 amide bonds. The molecule has 3 aliphatic heterocycles. The highest BCUT2D eigenvalue weighted by molar-refractivity contribution is 5.82. The summed E-state index contributed by atoms with van der Waals surface area (Å²) in [5, 5.41) is 3.43. The summed E-state index contributed by atoms with van der Waals surface area (Å²) in [4.78, 5) is 17.7. The first kappa shape index (κ1) is 13.1. The number of nitrogens with one attached hydrogen (secondary N) is 1. The summed E-state index contributed by atoms with van der Waals surface area (Å²) in [6, 6.07) is 0.657. The van der Waals surface area contributed by atoms with E-state index in [1.165, 1.54) is 51.6 Å². The van der Waals surface area contributed by atoms with Crippen molar-refractivity contribution in [3.63, 3.8) is 0 Å². The molecule has 1 saturated carbocycles. The molecule has 0 radical (unpaired) electrons. The minimum absolute atomic E-state index is 0.359. The van der Waals surface area contributed by atoms with E-state index in [0.29, 0.717) is 23.3 Å². The lowest BCUT2D eigenvalue weighted by Gasteiger charge is -2.28. The van der Waals surface area contributed by atoms with E-state index in [1.807, 2.05) is 0 Å². The Morgan fingerprint density at radius 2 is 1.90 bits per heavy atom. The van der Waals surface area contributed by atoms with Gasteiger partial charge in [0.1, 0.15) is 0 Å². The standard InChI is InChI=1S/C16H27N3O/c20-15(14-11-16(14)4-6-17-7-5-16)19-10-2-9-18-8-1-3-13(18)12-19/h13-14,17H,1-12H2. The van der Waals surface area contributed by atoms with Gasteiger partial charge in [0, 0.05) is 31.6 Å². The highest BCUT2D eigenvalue weighted by Crippen LogP contribution is 2.59. The maximum atomic E-state index is 12.9. The summed E-state index contributed by atoms with van der Waals surface area (Å²) >= 11 is 0. The maximum Gasteiger partial charge on any atom is 0.226 e. The minimum atomic E-state index is 0.359. The van der Waals surface area contributed by atoms with Crippen LogP contribution in [0.15, 0.2) is 0 Å². The normalized spacial score (nSPS) is 36.7. The number of carbonyl (C=O) groups is 1. The van der Waals surface area contributed by atoms with Crippen LogP contribution in [0.2, 0.25) is 0 Å².